The number of hydrogen-bond acceptors (Lipinski definition) is 2. The smallest absolute Gasteiger partial charge is 0.253 e. The number of aromatic amines is 1. The second kappa shape index (κ2) is 6.05. The summed E-state index contributed by atoms with van der Waals surface area (Å²) < 4.78 is 26.8. The van der Waals surface area contributed by atoms with Gasteiger partial charge in [0, 0.05) is 23.2 Å². The summed E-state index contributed by atoms with van der Waals surface area (Å²) in [7, 11) is 0. The Labute approximate surface area is 137 Å². The Balaban J connectivity index is 1.79. The summed E-state index contributed by atoms with van der Waals surface area (Å²) in [6.45, 7) is 1.14. The van der Waals surface area contributed by atoms with Crippen LogP contribution in [0.15, 0.2) is 48.7 Å². The monoisotopic (exact) mass is 330 g/mol. The van der Waals surface area contributed by atoms with E-state index in [9.17, 15) is 18.7 Å². The fraction of sp³-hybridized carbons (Fsp3) is 0.167. The number of carbonyl (C=O) groups excluding carboxylic acids is 1. The molecule has 3 aromatic rings. The number of benzene rings is 2. The van der Waals surface area contributed by atoms with Crippen LogP contribution in [0.25, 0.3) is 10.9 Å². The van der Waals surface area contributed by atoms with Crippen molar-refractivity contribution in [2.24, 2.45) is 0 Å². The van der Waals surface area contributed by atoms with Crippen LogP contribution in [0.2, 0.25) is 0 Å². The number of aliphatic hydroxyl groups is 1. The van der Waals surface area contributed by atoms with Gasteiger partial charge in [-0.1, -0.05) is 18.2 Å². The van der Waals surface area contributed by atoms with Crippen molar-refractivity contribution in [1.29, 1.82) is 0 Å². The lowest BCUT2D eigenvalue weighted by Crippen LogP contribution is -2.39. The molecule has 0 spiro atoms. The molecule has 1 aromatic heterocycles. The Morgan fingerprint density at radius 2 is 2.04 bits per heavy atom. The minimum Gasteiger partial charge on any atom is -0.383 e. The van der Waals surface area contributed by atoms with Gasteiger partial charge in [-0.15, -0.1) is 0 Å². The molecule has 1 atom stereocenters. The number of para-hydroxylation sites is 1. The third-order valence-corrected chi connectivity index (χ3v) is 3.94. The third kappa shape index (κ3) is 3.00. The Morgan fingerprint density at radius 3 is 2.79 bits per heavy atom. The van der Waals surface area contributed by atoms with E-state index in [0.717, 1.165) is 11.5 Å². The molecule has 1 unspecified atom stereocenters. The molecule has 24 heavy (non-hydrogen) atoms. The number of halogens is 2. The molecule has 0 saturated carbocycles. The molecule has 3 N–H and O–H groups in total. The molecule has 1 amide bonds. The van der Waals surface area contributed by atoms with E-state index in [1.165, 1.54) is 13.0 Å². The molecule has 1 heterocycles. The zero-order valence-corrected chi connectivity index (χ0v) is 12.9. The van der Waals surface area contributed by atoms with E-state index >= 15 is 0 Å². The first-order valence-corrected chi connectivity index (χ1v) is 7.41. The number of nitrogens with one attached hydrogen (secondary N) is 2. The minimum absolute atomic E-state index is 0.0812. The molecule has 0 fully saturated rings. The molecule has 0 bridgehead atoms. The van der Waals surface area contributed by atoms with Crippen molar-refractivity contribution in [3.8, 4) is 0 Å². The number of rotatable bonds is 4. The highest BCUT2D eigenvalue weighted by Gasteiger charge is 2.28. The molecule has 0 aliphatic carbocycles. The fourth-order valence-corrected chi connectivity index (χ4v) is 2.64. The van der Waals surface area contributed by atoms with Crippen molar-refractivity contribution in [1.82, 2.24) is 10.3 Å². The summed E-state index contributed by atoms with van der Waals surface area (Å²) in [4.78, 5) is 15.4. The van der Waals surface area contributed by atoms with Crippen LogP contribution in [-0.4, -0.2) is 22.5 Å². The molecule has 0 aliphatic rings. The van der Waals surface area contributed by atoms with Crippen LogP contribution in [0.4, 0.5) is 8.78 Å². The summed E-state index contributed by atoms with van der Waals surface area (Å²) in [5, 5.41) is 13.9. The highest BCUT2D eigenvalue weighted by Crippen LogP contribution is 2.24. The van der Waals surface area contributed by atoms with Gasteiger partial charge >= 0.3 is 0 Å². The van der Waals surface area contributed by atoms with E-state index in [2.05, 4.69) is 10.3 Å². The molecule has 2 aromatic carbocycles. The summed E-state index contributed by atoms with van der Waals surface area (Å²) in [6.07, 6.45) is 1.73. The zero-order valence-electron chi connectivity index (χ0n) is 12.9. The predicted molar refractivity (Wildman–Crippen MR) is 86.6 cm³/mol. The Kier molecular flexibility index (Phi) is 4.07. The normalized spacial score (nSPS) is 13.7. The number of hydrogen-bond donors (Lipinski definition) is 3. The molecule has 124 valence electrons. The molecule has 6 heteroatoms. The number of carbonyl (C=O) groups is 1. The first-order chi connectivity index (χ1) is 11.4. The highest BCUT2D eigenvalue weighted by atomic mass is 19.1. The molecule has 3 rings (SSSR count). The topological polar surface area (TPSA) is 65.1 Å². The Morgan fingerprint density at radius 1 is 1.25 bits per heavy atom. The highest BCUT2D eigenvalue weighted by molar-refractivity contribution is 6.05. The molecule has 4 nitrogen and oxygen atoms in total. The van der Waals surface area contributed by atoms with Gasteiger partial charge in [-0.2, -0.15) is 0 Å². The van der Waals surface area contributed by atoms with Crippen molar-refractivity contribution in [2.45, 2.75) is 12.5 Å². The largest absolute Gasteiger partial charge is 0.383 e. The standard InChI is InChI=1S/C18H16F2N2O2/c1-18(24,14-6-5-12(19)9-15(14)20)10-22-17(23)13-4-2-3-11-7-8-21-16(11)13/h2-9,21,24H,10H2,1H3,(H,22,23). The van der Waals surface area contributed by atoms with Crippen molar-refractivity contribution < 1.29 is 18.7 Å². The van der Waals surface area contributed by atoms with E-state index in [4.69, 9.17) is 0 Å². The maximum atomic E-state index is 13.8. The summed E-state index contributed by atoms with van der Waals surface area (Å²) in [5.74, 6) is -1.99. The van der Waals surface area contributed by atoms with E-state index in [1.807, 2.05) is 12.1 Å². The van der Waals surface area contributed by atoms with Crippen LogP contribution in [0.1, 0.15) is 22.8 Å². The van der Waals surface area contributed by atoms with Crippen molar-refractivity contribution in [3.63, 3.8) is 0 Å². The molecule has 0 aliphatic heterocycles. The number of fused-ring (bicyclic) bond motifs is 1. The maximum Gasteiger partial charge on any atom is 0.253 e. The lowest BCUT2D eigenvalue weighted by atomic mass is 9.95. The number of amides is 1. The quantitative estimate of drug-likeness (QED) is 0.688. The third-order valence-electron chi connectivity index (χ3n) is 3.94. The Bertz CT molecular complexity index is 903. The lowest BCUT2D eigenvalue weighted by Gasteiger charge is -2.24. The van der Waals surface area contributed by atoms with E-state index in [-0.39, 0.29) is 12.1 Å². The van der Waals surface area contributed by atoms with Crippen LogP contribution in [0, 0.1) is 11.6 Å². The van der Waals surface area contributed by atoms with Crippen LogP contribution in [-0.2, 0) is 5.60 Å². The van der Waals surface area contributed by atoms with Crippen molar-refractivity contribution in [3.05, 3.63) is 71.4 Å². The average Bonchev–Trinajstić information content (AvgIpc) is 3.00. The van der Waals surface area contributed by atoms with E-state index in [0.29, 0.717) is 17.1 Å². The molecular weight excluding hydrogens is 314 g/mol. The second-order valence-electron chi connectivity index (χ2n) is 5.83. The minimum atomic E-state index is -1.67. The average molecular weight is 330 g/mol. The molecule has 0 saturated heterocycles. The number of H-pyrrole nitrogens is 1. The SMILES string of the molecule is CC(O)(CNC(=O)c1cccc2cc[nH]c12)c1ccc(F)cc1F. The Hall–Kier alpha value is -2.73. The molecular formula is C18H16F2N2O2. The first-order valence-electron chi connectivity index (χ1n) is 7.41. The predicted octanol–water partition coefficient (Wildman–Crippen LogP) is 3.08. The second-order valence-corrected chi connectivity index (χ2v) is 5.83. The van der Waals surface area contributed by atoms with Gasteiger partial charge in [0.15, 0.2) is 0 Å². The van der Waals surface area contributed by atoms with Gasteiger partial charge < -0.3 is 15.4 Å². The van der Waals surface area contributed by atoms with Gasteiger partial charge in [0.1, 0.15) is 17.2 Å². The maximum absolute atomic E-state index is 13.8. The van der Waals surface area contributed by atoms with Gasteiger partial charge in [-0.25, -0.2) is 8.78 Å². The van der Waals surface area contributed by atoms with Crippen LogP contribution in [0.3, 0.4) is 0 Å². The van der Waals surface area contributed by atoms with Crippen LogP contribution >= 0.6 is 0 Å². The van der Waals surface area contributed by atoms with E-state index in [1.54, 1.807) is 18.3 Å². The lowest BCUT2D eigenvalue weighted by molar-refractivity contribution is 0.0495. The van der Waals surface area contributed by atoms with Crippen molar-refractivity contribution >= 4 is 16.8 Å². The summed E-state index contributed by atoms with van der Waals surface area (Å²) in [5.41, 5.74) is -0.644. The summed E-state index contributed by atoms with van der Waals surface area (Å²) in [6, 6.07) is 10.1. The number of aromatic nitrogens is 1. The van der Waals surface area contributed by atoms with Crippen LogP contribution in [0.5, 0.6) is 0 Å². The van der Waals surface area contributed by atoms with Gasteiger partial charge in [-0.3, -0.25) is 4.79 Å². The van der Waals surface area contributed by atoms with Gasteiger partial charge in [0.2, 0.25) is 0 Å². The zero-order chi connectivity index (χ0) is 17.3. The fourth-order valence-electron chi connectivity index (χ4n) is 2.64. The van der Waals surface area contributed by atoms with Gasteiger partial charge in [-0.05, 0) is 25.1 Å². The van der Waals surface area contributed by atoms with Crippen LogP contribution < -0.4 is 5.32 Å². The van der Waals surface area contributed by atoms with Gasteiger partial charge in [0.25, 0.3) is 5.91 Å². The van der Waals surface area contributed by atoms with E-state index < -0.39 is 23.1 Å². The van der Waals surface area contributed by atoms with Crippen molar-refractivity contribution in [2.75, 3.05) is 6.54 Å². The summed E-state index contributed by atoms with van der Waals surface area (Å²) >= 11 is 0. The van der Waals surface area contributed by atoms with Gasteiger partial charge in [0.05, 0.1) is 17.6 Å². The first kappa shape index (κ1) is 16.1. The molecule has 0 radical (unpaired) electrons.